The Morgan fingerprint density at radius 2 is 1.96 bits per heavy atom. The van der Waals surface area contributed by atoms with Gasteiger partial charge >= 0.3 is 5.97 Å². The van der Waals surface area contributed by atoms with Crippen LogP contribution in [0.15, 0.2) is 48.5 Å². The van der Waals surface area contributed by atoms with Crippen molar-refractivity contribution >= 4 is 5.97 Å². The third-order valence-corrected chi connectivity index (χ3v) is 3.77. The fourth-order valence-electron chi connectivity index (χ4n) is 2.52. The number of benzene rings is 2. The molecule has 0 heterocycles. The molecule has 0 amide bonds. The lowest BCUT2D eigenvalue weighted by Crippen LogP contribution is -2.38. The van der Waals surface area contributed by atoms with Gasteiger partial charge in [0.15, 0.2) is 17.0 Å². The first kappa shape index (κ1) is 17.5. The Kier molecular flexibility index (Phi) is 5.54. The van der Waals surface area contributed by atoms with Gasteiger partial charge in [0, 0.05) is 6.42 Å². The number of halogens is 1. The van der Waals surface area contributed by atoms with Crippen LogP contribution in [0, 0.1) is 17.1 Å². The number of hydrogen-bond acceptors (Lipinski definition) is 4. The number of rotatable bonds is 6. The summed E-state index contributed by atoms with van der Waals surface area (Å²) in [6, 6.07) is 15.2. The molecule has 0 unspecified atom stereocenters. The predicted octanol–water partition coefficient (Wildman–Crippen LogP) is 3.40. The quantitative estimate of drug-likeness (QED) is 0.763. The van der Waals surface area contributed by atoms with Crippen LogP contribution in [0.4, 0.5) is 4.39 Å². The highest BCUT2D eigenvalue weighted by atomic mass is 19.1. The molecule has 5 heteroatoms. The number of ether oxygens (including phenoxy) is 2. The van der Waals surface area contributed by atoms with Crippen LogP contribution in [0.3, 0.4) is 0 Å². The minimum atomic E-state index is -1.57. The molecule has 0 fully saturated rings. The van der Waals surface area contributed by atoms with Gasteiger partial charge in [0.1, 0.15) is 0 Å². The molecular formula is C19H18FNO3. The first-order chi connectivity index (χ1) is 11.6. The topological polar surface area (TPSA) is 59.3 Å². The molecule has 0 saturated heterocycles. The van der Waals surface area contributed by atoms with Crippen LogP contribution >= 0.6 is 0 Å². The average Bonchev–Trinajstić information content (AvgIpc) is 2.61. The van der Waals surface area contributed by atoms with E-state index in [4.69, 9.17) is 9.47 Å². The van der Waals surface area contributed by atoms with Crippen LogP contribution in [-0.4, -0.2) is 19.7 Å². The molecule has 0 bridgehead atoms. The summed E-state index contributed by atoms with van der Waals surface area (Å²) < 4.78 is 23.8. The molecule has 2 rings (SSSR count). The van der Waals surface area contributed by atoms with Crippen LogP contribution in [0.5, 0.6) is 5.75 Å². The lowest BCUT2D eigenvalue weighted by atomic mass is 9.76. The summed E-state index contributed by atoms with van der Waals surface area (Å²) in [4.78, 5) is 12.6. The molecule has 0 N–H and O–H groups in total. The van der Waals surface area contributed by atoms with Gasteiger partial charge in [0.2, 0.25) is 0 Å². The first-order valence-corrected chi connectivity index (χ1v) is 7.53. The van der Waals surface area contributed by atoms with E-state index < -0.39 is 17.2 Å². The van der Waals surface area contributed by atoms with Crippen LogP contribution < -0.4 is 4.74 Å². The van der Waals surface area contributed by atoms with E-state index in [1.807, 2.05) is 30.3 Å². The zero-order valence-electron chi connectivity index (χ0n) is 13.6. The summed E-state index contributed by atoms with van der Waals surface area (Å²) >= 11 is 0. The average molecular weight is 327 g/mol. The summed E-state index contributed by atoms with van der Waals surface area (Å²) in [5.74, 6) is -1.24. The Balaban J connectivity index is 2.57. The van der Waals surface area contributed by atoms with Crippen molar-refractivity contribution in [3.05, 3.63) is 65.5 Å². The fraction of sp³-hybridized carbons (Fsp3) is 0.263. The molecule has 0 aliphatic rings. The van der Waals surface area contributed by atoms with Crippen molar-refractivity contribution < 1.29 is 18.7 Å². The second-order valence-corrected chi connectivity index (χ2v) is 5.25. The molecule has 2 aromatic carbocycles. The zero-order chi connectivity index (χ0) is 17.6. The maximum atomic E-state index is 13.7. The van der Waals surface area contributed by atoms with Crippen molar-refractivity contribution in [3.8, 4) is 11.8 Å². The third kappa shape index (κ3) is 3.38. The molecule has 0 aromatic heterocycles. The standard InChI is InChI=1S/C19H18FNO3/c1-3-24-18(22)19(13-21,12-14-7-5-4-6-8-14)15-9-10-16(20)17(11-15)23-2/h4-11H,3,12H2,1-2H3/t19-/m0/s1. The van der Waals surface area contributed by atoms with Crippen molar-refractivity contribution in [1.82, 2.24) is 0 Å². The van der Waals surface area contributed by atoms with Crippen molar-refractivity contribution in [2.24, 2.45) is 0 Å². The van der Waals surface area contributed by atoms with E-state index in [-0.39, 0.29) is 18.8 Å². The van der Waals surface area contributed by atoms with Gasteiger partial charge in [0.05, 0.1) is 19.8 Å². The summed E-state index contributed by atoms with van der Waals surface area (Å²) in [7, 11) is 1.33. The molecule has 0 spiro atoms. The lowest BCUT2D eigenvalue weighted by molar-refractivity contribution is -0.147. The van der Waals surface area contributed by atoms with Gasteiger partial charge in [-0.2, -0.15) is 5.26 Å². The Bertz CT molecular complexity index is 755. The summed E-state index contributed by atoms with van der Waals surface area (Å²) in [5, 5.41) is 9.84. The first-order valence-electron chi connectivity index (χ1n) is 7.53. The van der Waals surface area contributed by atoms with Crippen molar-refractivity contribution in [3.63, 3.8) is 0 Å². The number of carbonyl (C=O) groups excluding carboxylic acids is 1. The number of nitriles is 1. The van der Waals surface area contributed by atoms with E-state index in [9.17, 15) is 14.4 Å². The number of carbonyl (C=O) groups is 1. The van der Waals surface area contributed by atoms with E-state index in [1.54, 1.807) is 6.92 Å². The molecule has 24 heavy (non-hydrogen) atoms. The summed E-state index contributed by atoms with van der Waals surface area (Å²) in [6.07, 6.45) is 0.123. The third-order valence-electron chi connectivity index (χ3n) is 3.77. The van der Waals surface area contributed by atoms with Gasteiger partial charge in [-0.3, -0.25) is 0 Å². The van der Waals surface area contributed by atoms with Gasteiger partial charge in [0.25, 0.3) is 0 Å². The lowest BCUT2D eigenvalue weighted by Gasteiger charge is -2.25. The maximum Gasteiger partial charge on any atom is 0.331 e. The minimum absolute atomic E-state index is 0.0236. The second-order valence-electron chi connectivity index (χ2n) is 5.25. The van der Waals surface area contributed by atoms with Crippen molar-refractivity contribution in [2.45, 2.75) is 18.8 Å². The molecule has 4 nitrogen and oxygen atoms in total. The maximum absolute atomic E-state index is 13.7. The van der Waals surface area contributed by atoms with E-state index in [1.165, 1.54) is 25.3 Å². The number of esters is 1. The van der Waals surface area contributed by atoms with E-state index >= 15 is 0 Å². The highest BCUT2D eigenvalue weighted by Gasteiger charge is 2.43. The van der Waals surface area contributed by atoms with Crippen LogP contribution in [-0.2, 0) is 21.4 Å². The molecule has 124 valence electrons. The fourth-order valence-corrected chi connectivity index (χ4v) is 2.52. The molecular weight excluding hydrogens is 309 g/mol. The van der Waals surface area contributed by atoms with Gasteiger partial charge < -0.3 is 9.47 Å². The minimum Gasteiger partial charge on any atom is -0.494 e. The van der Waals surface area contributed by atoms with Crippen molar-refractivity contribution in [1.29, 1.82) is 5.26 Å². The number of nitrogens with zero attached hydrogens (tertiary/aromatic N) is 1. The highest BCUT2D eigenvalue weighted by Crippen LogP contribution is 2.33. The monoisotopic (exact) mass is 327 g/mol. The Labute approximate surface area is 140 Å². The highest BCUT2D eigenvalue weighted by molar-refractivity contribution is 5.87. The SMILES string of the molecule is CCOC(=O)[C@](C#N)(Cc1ccccc1)c1ccc(F)c(OC)c1. The molecule has 2 aromatic rings. The normalized spacial score (nSPS) is 12.8. The van der Waals surface area contributed by atoms with E-state index in [0.717, 1.165) is 5.56 Å². The Morgan fingerprint density at radius 1 is 1.25 bits per heavy atom. The molecule has 1 atom stereocenters. The zero-order valence-corrected chi connectivity index (χ0v) is 13.6. The summed E-state index contributed by atoms with van der Waals surface area (Å²) in [5.41, 5.74) is -0.431. The molecule has 0 saturated carbocycles. The number of methoxy groups -OCH3 is 1. The van der Waals surface area contributed by atoms with Gasteiger partial charge in [-0.1, -0.05) is 36.4 Å². The van der Waals surface area contributed by atoms with Gasteiger partial charge in [-0.15, -0.1) is 0 Å². The molecule has 0 aliphatic heterocycles. The van der Waals surface area contributed by atoms with Gasteiger partial charge in [-0.25, -0.2) is 9.18 Å². The molecule has 0 radical (unpaired) electrons. The van der Waals surface area contributed by atoms with Crippen LogP contribution in [0.25, 0.3) is 0 Å². The Hall–Kier alpha value is -2.87. The smallest absolute Gasteiger partial charge is 0.331 e. The Morgan fingerprint density at radius 3 is 2.54 bits per heavy atom. The molecule has 0 aliphatic carbocycles. The largest absolute Gasteiger partial charge is 0.494 e. The van der Waals surface area contributed by atoms with E-state index in [2.05, 4.69) is 6.07 Å². The second kappa shape index (κ2) is 7.60. The summed E-state index contributed by atoms with van der Waals surface area (Å²) in [6.45, 7) is 1.82. The van der Waals surface area contributed by atoms with Crippen molar-refractivity contribution in [2.75, 3.05) is 13.7 Å². The number of hydrogen-bond donors (Lipinski definition) is 0. The van der Waals surface area contributed by atoms with Gasteiger partial charge in [-0.05, 0) is 30.2 Å². The van der Waals surface area contributed by atoms with Crippen LogP contribution in [0.1, 0.15) is 18.1 Å². The predicted molar refractivity (Wildman–Crippen MR) is 87.0 cm³/mol. The van der Waals surface area contributed by atoms with Crippen LogP contribution in [0.2, 0.25) is 0 Å². The van der Waals surface area contributed by atoms with E-state index in [0.29, 0.717) is 5.56 Å².